The van der Waals surface area contributed by atoms with Crippen LogP contribution in [0.25, 0.3) is 21.6 Å². The zero-order valence-corrected chi connectivity index (χ0v) is 13.1. The fourth-order valence-corrected chi connectivity index (χ4v) is 2.96. The second-order valence-electron chi connectivity index (χ2n) is 4.58. The SMILES string of the molecule is CCOC(=O)c1ccc(-c2nc(NC)c3sccc3n2)cc1. The zero-order chi connectivity index (χ0) is 15.5. The maximum absolute atomic E-state index is 11.7. The van der Waals surface area contributed by atoms with Gasteiger partial charge in [0.2, 0.25) is 0 Å². The van der Waals surface area contributed by atoms with Crippen molar-refractivity contribution in [2.24, 2.45) is 0 Å². The number of carbonyl (C=O) groups is 1. The predicted octanol–water partition coefficient (Wildman–Crippen LogP) is 3.58. The first-order valence-electron chi connectivity index (χ1n) is 6.93. The number of esters is 1. The van der Waals surface area contributed by atoms with Crippen LogP contribution in [0.1, 0.15) is 17.3 Å². The molecular formula is C16H15N3O2S. The number of fused-ring (bicyclic) bond motifs is 1. The highest BCUT2D eigenvalue weighted by atomic mass is 32.1. The van der Waals surface area contributed by atoms with Crippen LogP contribution in [0.5, 0.6) is 0 Å². The van der Waals surface area contributed by atoms with E-state index in [4.69, 9.17) is 4.74 Å². The summed E-state index contributed by atoms with van der Waals surface area (Å²) >= 11 is 1.61. The van der Waals surface area contributed by atoms with Crippen LogP contribution in [0, 0.1) is 0 Å². The Morgan fingerprint density at radius 2 is 2.00 bits per heavy atom. The number of hydrogen-bond donors (Lipinski definition) is 1. The van der Waals surface area contributed by atoms with Gasteiger partial charge < -0.3 is 10.1 Å². The number of nitrogens with one attached hydrogen (secondary N) is 1. The molecule has 0 saturated carbocycles. The molecule has 2 heterocycles. The van der Waals surface area contributed by atoms with Crippen LogP contribution < -0.4 is 5.32 Å². The largest absolute Gasteiger partial charge is 0.462 e. The molecule has 2 aromatic heterocycles. The number of anilines is 1. The molecule has 0 bridgehead atoms. The smallest absolute Gasteiger partial charge is 0.338 e. The zero-order valence-electron chi connectivity index (χ0n) is 12.3. The molecule has 0 aliphatic rings. The molecule has 0 fully saturated rings. The Hall–Kier alpha value is -2.47. The van der Waals surface area contributed by atoms with E-state index in [1.165, 1.54) is 0 Å². The highest BCUT2D eigenvalue weighted by molar-refractivity contribution is 7.17. The lowest BCUT2D eigenvalue weighted by atomic mass is 10.1. The van der Waals surface area contributed by atoms with Gasteiger partial charge in [0.1, 0.15) is 5.82 Å². The molecule has 0 spiro atoms. The van der Waals surface area contributed by atoms with Crippen molar-refractivity contribution in [3.63, 3.8) is 0 Å². The minimum absolute atomic E-state index is 0.320. The number of aromatic nitrogens is 2. The van der Waals surface area contributed by atoms with Crippen LogP contribution in [0.15, 0.2) is 35.7 Å². The van der Waals surface area contributed by atoms with Gasteiger partial charge in [0.15, 0.2) is 5.82 Å². The minimum atomic E-state index is -0.320. The summed E-state index contributed by atoms with van der Waals surface area (Å²) in [7, 11) is 1.84. The summed E-state index contributed by atoms with van der Waals surface area (Å²) in [5.41, 5.74) is 2.29. The number of nitrogens with zero attached hydrogens (tertiary/aromatic N) is 2. The molecule has 1 N–H and O–H groups in total. The third kappa shape index (κ3) is 2.65. The van der Waals surface area contributed by atoms with Gasteiger partial charge in [-0.2, -0.15) is 0 Å². The Morgan fingerprint density at radius 1 is 1.23 bits per heavy atom. The fourth-order valence-electron chi connectivity index (χ4n) is 2.13. The number of ether oxygens (including phenoxy) is 1. The number of thiophene rings is 1. The Bertz CT molecular complexity index is 812. The maximum Gasteiger partial charge on any atom is 0.338 e. The molecule has 0 amide bonds. The molecule has 0 saturated heterocycles. The van der Waals surface area contributed by atoms with Gasteiger partial charge in [-0.05, 0) is 30.5 Å². The van der Waals surface area contributed by atoms with Crippen LogP contribution in [-0.4, -0.2) is 29.6 Å². The van der Waals surface area contributed by atoms with E-state index in [1.54, 1.807) is 30.4 Å². The molecule has 0 atom stereocenters. The van der Waals surface area contributed by atoms with Crippen LogP contribution in [0.4, 0.5) is 5.82 Å². The molecule has 0 radical (unpaired) electrons. The second kappa shape index (κ2) is 6.11. The summed E-state index contributed by atoms with van der Waals surface area (Å²) in [4.78, 5) is 20.8. The standard InChI is InChI=1S/C16H15N3O2S/c1-3-21-16(20)11-6-4-10(5-7-11)14-18-12-8-9-22-13(12)15(17-2)19-14/h4-9H,3H2,1-2H3,(H,17,18,19). The minimum Gasteiger partial charge on any atom is -0.462 e. The summed E-state index contributed by atoms with van der Waals surface area (Å²) in [5.74, 6) is 1.12. The average molecular weight is 313 g/mol. The maximum atomic E-state index is 11.7. The van der Waals surface area contributed by atoms with Gasteiger partial charge in [0, 0.05) is 12.6 Å². The van der Waals surface area contributed by atoms with E-state index in [9.17, 15) is 4.79 Å². The summed E-state index contributed by atoms with van der Waals surface area (Å²) < 4.78 is 6.01. The number of rotatable bonds is 4. The van der Waals surface area contributed by atoms with Crippen molar-refractivity contribution < 1.29 is 9.53 Å². The van der Waals surface area contributed by atoms with Gasteiger partial charge in [-0.3, -0.25) is 0 Å². The molecule has 3 rings (SSSR count). The Morgan fingerprint density at radius 3 is 2.68 bits per heavy atom. The van der Waals surface area contributed by atoms with Gasteiger partial charge in [-0.25, -0.2) is 14.8 Å². The first kappa shape index (κ1) is 14.5. The normalized spacial score (nSPS) is 10.6. The van der Waals surface area contributed by atoms with Crippen LogP contribution in [0.2, 0.25) is 0 Å². The average Bonchev–Trinajstić information content (AvgIpc) is 3.03. The Labute approximate surface area is 132 Å². The van der Waals surface area contributed by atoms with E-state index in [0.29, 0.717) is 18.0 Å². The van der Waals surface area contributed by atoms with E-state index >= 15 is 0 Å². The monoisotopic (exact) mass is 313 g/mol. The van der Waals surface area contributed by atoms with Crippen molar-refractivity contribution in [3.8, 4) is 11.4 Å². The van der Waals surface area contributed by atoms with Crippen molar-refractivity contribution in [1.82, 2.24) is 9.97 Å². The quantitative estimate of drug-likeness (QED) is 0.746. The topological polar surface area (TPSA) is 64.1 Å². The van der Waals surface area contributed by atoms with E-state index in [0.717, 1.165) is 21.6 Å². The van der Waals surface area contributed by atoms with Gasteiger partial charge in [-0.15, -0.1) is 11.3 Å². The Kier molecular flexibility index (Phi) is 4.02. The molecule has 1 aromatic carbocycles. The molecule has 6 heteroatoms. The van der Waals surface area contributed by atoms with Crippen molar-refractivity contribution in [3.05, 3.63) is 41.3 Å². The number of benzene rings is 1. The molecular weight excluding hydrogens is 298 g/mol. The van der Waals surface area contributed by atoms with Crippen LogP contribution >= 0.6 is 11.3 Å². The highest BCUT2D eigenvalue weighted by Crippen LogP contribution is 2.28. The summed E-state index contributed by atoms with van der Waals surface area (Å²) in [6.45, 7) is 2.15. The third-order valence-electron chi connectivity index (χ3n) is 3.19. The van der Waals surface area contributed by atoms with Crippen molar-refractivity contribution in [2.45, 2.75) is 6.92 Å². The van der Waals surface area contributed by atoms with Crippen LogP contribution in [-0.2, 0) is 4.74 Å². The number of hydrogen-bond acceptors (Lipinski definition) is 6. The van der Waals surface area contributed by atoms with Gasteiger partial charge in [0.25, 0.3) is 0 Å². The molecule has 0 aliphatic heterocycles. The lowest BCUT2D eigenvalue weighted by Crippen LogP contribution is -2.04. The van der Waals surface area contributed by atoms with Crippen LogP contribution in [0.3, 0.4) is 0 Å². The Balaban J connectivity index is 1.98. The summed E-state index contributed by atoms with van der Waals surface area (Å²) in [6.07, 6.45) is 0. The lowest BCUT2D eigenvalue weighted by molar-refractivity contribution is 0.0526. The predicted molar refractivity (Wildman–Crippen MR) is 88.4 cm³/mol. The first-order chi connectivity index (χ1) is 10.7. The van der Waals surface area contributed by atoms with E-state index in [1.807, 2.05) is 30.6 Å². The van der Waals surface area contributed by atoms with E-state index < -0.39 is 0 Å². The number of carbonyl (C=O) groups excluding carboxylic acids is 1. The lowest BCUT2D eigenvalue weighted by Gasteiger charge is -2.06. The van der Waals surface area contributed by atoms with E-state index in [2.05, 4.69) is 15.3 Å². The summed E-state index contributed by atoms with van der Waals surface area (Å²) in [5, 5.41) is 5.09. The molecule has 22 heavy (non-hydrogen) atoms. The molecule has 3 aromatic rings. The second-order valence-corrected chi connectivity index (χ2v) is 5.49. The molecule has 5 nitrogen and oxygen atoms in total. The van der Waals surface area contributed by atoms with E-state index in [-0.39, 0.29) is 5.97 Å². The van der Waals surface area contributed by atoms with Crippen molar-refractivity contribution in [2.75, 3.05) is 19.0 Å². The van der Waals surface area contributed by atoms with Crippen molar-refractivity contribution in [1.29, 1.82) is 0 Å². The summed E-state index contributed by atoms with van der Waals surface area (Å²) in [6, 6.07) is 9.10. The fraction of sp³-hybridized carbons (Fsp3) is 0.188. The van der Waals surface area contributed by atoms with Gasteiger partial charge in [0.05, 0.1) is 22.4 Å². The van der Waals surface area contributed by atoms with Gasteiger partial charge >= 0.3 is 5.97 Å². The highest BCUT2D eigenvalue weighted by Gasteiger charge is 2.11. The molecule has 112 valence electrons. The van der Waals surface area contributed by atoms with Gasteiger partial charge in [-0.1, -0.05) is 12.1 Å². The molecule has 0 unspecified atom stereocenters. The first-order valence-corrected chi connectivity index (χ1v) is 7.81. The van der Waals surface area contributed by atoms with Crippen molar-refractivity contribution >= 4 is 33.3 Å². The third-order valence-corrected chi connectivity index (χ3v) is 4.10. The molecule has 0 aliphatic carbocycles.